The lowest BCUT2D eigenvalue weighted by Crippen LogP contribution is -2.22. The number of rotatable bonds is 13. The van der Waals surface area contributed by atoms with Crippen LogP contribution in [0.4, 0.5) is 0 Å². The molecule has 0 spiro atoms. The van der Waals surface area contributed by atoms with E-state index in [0.717, 1.165) is 51.4 Å². The second-order valence-electron chi connectivity index (χ2n) is 8.79. The fourth-order valence-electron chi connectivity index (χ4n) is 3.74. The third-order valence-electron chi connectivity index (χ3n) is 5.89. The predicted octanol–water partition coefficient (Wildman–Crippen LogP) is 7.95. The van der Waals surface area contributed by atoms with Gasteiger partial charge in [-0.25, -0.2) is 0 Å². The molecule has 0 bridgehead atoms. The lowest BCUT2D eigenvalue weighted by Gasteiger charge is -2.22. The van der Waals surface area contributed by atoms with Crippen LogP contribution >= 0.6 is 0 Å². The summed E-state index contributed by atoms with van der Waals surface area (Å²) in [4.78, 5) is 12.4. The van der Waals surface area contributed by atoms with Crippen LogP contribution in [0.2, 0.25) is 0 Å². The molecular weight excluding hydrogens is 344 g/mol. The molecule has 0 heterocycles. The van der Waals surface area contributed by atoms with Crippen molar-refractivity contribution in [1.82, 2.24) is 0 Å². The van der Waals surface area contributed by atoms with E-state index in [2.05, 4.69) is 52.8 Å². The van der Waals surface area contributed by atoms with Crippen molar-refractivity contribution in [2.75, 3.05) is 6.61 Å². The molecule has 2 heteroatoms. The number of carbonyl (C=O) groups is 1. The minimum atomic E-state index is 0.0280. The van der Waals surface area contributed by atoms with Gasteiger partial charge in [-0.3, -0.25) is 4.79 Å². The molecule has 1 aliphatic carbocycles. The first-order chi connectivity index (χ1) is 13.5. The van der Waals surface area contributed by atoms with Gasteiger partial charge >= 0.3 is 5.97 Å². The fourth-order valence-corrected chi connectivity index (χ4v) is 3.74. The predicted molar refractivity (Wildman–Crippen MR) is 121 cm³/mol. The Kier molecular flexibility index (Phi) is 12.9. The first kappa shape index (κ1) is 24.7. The highest BCUT2D eigenvalue weighted by Crippen LogP contribution is 2.28. The Morgan fingerprint density at radius 3 is 2.61 bits per heavy atom. The van der Waals surface area contributed by atoms with Crippen molar-refractivity contribution in [3.05, 3.63) is 34.9 Å². The molecule has 0 aromatic rings. The van der Waals surface area contributed by atoms with Crippen molar-refractivity contribution in [3.63, 3.8) is 0 Å². The van der Waals surface area contributed by atoms with Gasteiger partial charge in [-0.2, -0.15) is 0 Å². The highest BCUT2D eigenvalue weighted by atomic mass is 16.5. The summed E-state index contributed by atoms with van der Waals surface area (Å²) >= 11 is 0. The topological polar surface area (TPSA) is 26.3 Å². The number of hydrogen-bond donors (Lipinski definition) is 0. The fraction of sp³-hybridized carbons (Fsp3) is 0.731. The van der Waals surface area contributed by atoms with E-state index in [9.17, 15) is 4.79 Å². The Morgan fingerprint density at radius 2 is 2.00 bits per heavy atom. The highest BCUT2D eigenvalue weighted by molar-refractivity contribution is 5.72. The number of hydrogen-bond acceptors (Lipinski definition) is 2. The maximum absolute atomic E-state index is 12.4. The normalized spacial score (nSPS) is 18.4. The minimum Gasteiger partial charge on any atom is -0.465 e. The number of allylic oxidation sites excluding steroid dienone is 6. The first-order valence-corrected chi connectivity index (χ1v) is 11.6. The van der Waals surface area contributed by atoms with Gasteiger partial charge in [0.25, 0.3) is 0 Å². The van der Waals surface area contributed by atoms with E-state index >= 15 is 0 Å². The van der Waals surface area contributed by atoms with Gasteiger partial charge in [0.05, 0.1) is 12.5 Å². The van der Waals surface area contributed by atoms with E-state index in [-0.39, 0.29) is 11.9 Å². The molecule has 0 saturated heterocycles. The van der Waals surface area contributed by atoms with Crippen molar-refractivity contribution >= 4 is 5.97 Å². The van der Waals surface area contributed by atoms with Gasteiger partial charge in [0.2, 0.25) is 0 Å². The summed E-state index contributed by atoms with van der Waals surface area (Å²) < 4.78 is 5.65. The lowest BCUT2D eigenvalue weighted by atomic mass is 9.87. The summed E-state index contributed by atoms with van der Waals surface area (Å²) in [6, 6.07) is 0. The van der Waals surface area contributed by atoms with E-state index in [0.29, 0.717) is 12.5 Å². The molecule has 160 valence electrons. The first-order valence-electron chi connectivity index (χ1n) is 11.6. The van der Waals surface area contributed by atoms with Crippen LogP contribution in [-0.4, -0.2) is 12.6 Å². The van der Waals surface area contributed by atoms with Gasteiger partial charge in [0.1, 0.15) is 0 Å². The van der Waals surface area contributed by atoms with Crippen LogP contribution in [-0.2, 0) is 9.53 Å². The van der Waals surface area contributed by atoms with Crippen LogP contribution < -0.4 is 0 Å². The van der Waals surface area contributed by atoms with E-state index in [1.54, 1.807) is 0 Å². The molecule has 0 aliphatic heterocycles. The molecule has 0 amide bonds. The Labute approximate surface area is 174 Å². The lowest BCUT2D eigenvalue weighted by molar-refractivity contribution is -0.150. The summed E-state index contributed by atoms with van der Waals surface area (Å²) in [5.74, 6) is 0.638. The Bertz CT molecular complexity index is 535. The van der Waals surface area contributed by atoms with Crippen molar-refractivity contribution in [2.24, 2.45) is 11.8 Å². The molecule has 0 aromatic heterocycles. The molecular formula is C26H44O2. The van der Waals surface area contributed by atoms with Gasteiger partial charge in [-0.05, 0) is 78.1 Å². The number of carbonyl (C=O) groups excluding carboxylic acids is 1. The van der Waals surface area contributed by atoms with Gasteiger partial charge < -0.3 is 4.74 Å². The third-order valence-corrected chi connectivity index (χ3v) is 5.89. The van der Waals surface area contributed by atoms with Crippen LogP contribution in [0, 0.1) is 11.8 Å². The zero-order valence-electron chi connectivity index (χ0n) is 19.2. The zero-order valence-corrected chi connectivity index (χ0v) is 19.2. The average molecular weight is 389 g/mol. The summed E-state index contributed by atoms with van der Waals surface area (Å²) in [6.07, 6.45) is 19.2. The van der Waals surface area contributed by atoms with Crippen molar-refractivity contribution in [2.45, 2.75) is 105 Å². The quantitative estimate of drug-likeness (QED) is 0.236. The highest BCUT2D eigenvalue weighted by Gasteiger charge is 2.23. The molecule has 2 nitrogen and oxygen atoms in total. The Balaban J connectivity index is 2.29. The second kappa shape index (κ2) is 14.7. The van der Waals surface area contributed by atoms with Crippen LogP contribution in [0.15, 0.2) is 34.9 Å². The van der Waals surface area contributed by atoms with E-state index in [1.807, 2.05) is 0 Å². The van der Waals surface area contributed by atoms with Gasteiger partial charge in [-0.15, -0.1) is 0 Å². The third kappa shape index (κ3) is 10.9. The van der Waals surface area contributed by atoms with E-state index < -0.39 is 0 Å². The summed E-state index contributed by atoms with van der Waals surface area (Å²) in [5, 5.41) is 0. The SMILES string of the molecule is CCCCC(CC)COC(=O)C1CC=C(CC/C=C(\C)CCC=C(C)C)CC1. The van der Waals surface area contributed by atoms with Gasteiger partial charge in [-0.1, -0.05) is 68.1 Å². The number of ether oxygens (including phenoxy) is 1. The molecule has 1 aliphatic rings. The molecule has 0 saturated carbocycles. The second-order valence-corrected chi connectivity index (χ2v) is 8.79. The van der Waals surface area contributed by atoms with Crippen molar-refractivity contribution in [3.8, 4) is 0 Å². The van der Waals surface area contributed by atoms with Crippen molar-refractivity contribution in [1.29, 1.82) is 0 Å². The molecule has 0 N–H and O–H groups in total. The molecule has 2 unspecified atom stereocenters. The molecule has 0 fully saturated rings. The van der Waals surface area contributed by atoms with E-state index in [1.165, 1.54) is 36.0 Å². The molecule has 28 heavy (non-hydrogen) atoms. The van der Waals surface area contributed by atoms with Crippen LogP contribution in [0.25, 0.3) is 0 Å². The average Bonchev–Trinajstić information content (AvgIpc) is 2.68. The molecule has 0 aromatic carbocycles. The van der Waals surface area contributed by atoms with E-state index in [4.69, 9.17) is 4.74 Å². The largest absolute Gasteiger partial charge is 0.465 e. The van der Waals surface area contributed by atoms with Crippen LogP contribution in [0.3, 0.4) is 0 Å². The Hall–Kier alpha value is -1.31. The monoisotopic (exact) mass is 388 g/mol. The number of unbranched alkanes of at least 4 members (excludes halogenated alkanes) is 1. The molecule has 0 radical (unpaired) electrons. The van der Waals surface area contributed by atoms with Gasteiger partial charge in [0.15, 0.2) is 0 Å². The van der Waals surface area contributed by atoms with Crippen LogP contribution in [0.5, 0.6) is 0 Å². The van der Waals surface area contributed by atoms with Gasteiger partial charge in [0, 0.05) is 0 Å². The maximum atomic E-state index is 12.4. The molecule has 2 atom stereocenters. The summed E-state index contributed by atoms with van der Waals surface area (Å²) in [6.45, 7) is 11.6. The summed E-state index contributed by atoms with van der Waals surface area (Å²) in [5.41, 5.74) is 4.41. The maximum Gasteiger partial charge on any atom is 0.309 e. The summed E-state index contributed by atoms with van der Waals surface area (Å²) in [7, 11) is 0. The minimum absolute atomic E-state index is 0.0280. The molecule has 1 rings (SSSR count). The standard InChI is InChI=1S/C26H44O2/c1-6-8-14-23(7-2)20-28-26(27)25-18-16-24(17-19-25)15-10-13-22(5)12-9-11-21(3)4/h11,13,16,23,25H,6-10,12,14-15,17-20H2,1-5H3/b22-13+. The smallest absolute Gasteiger partial charge is 0.309 e. The van der Waals surface area contributed by atoms with Crippen LogP contribution in [0.1, 0.15) is 105 Å². The number of esters is 1. The Morgan fingerprint density at radius 1 is 1.21 bits per heavy atom. The zero-order chi connectivity index (χ0) is 20.8. The van der Waals surface area contributed by atoms with Crippen molar-refractivity contribution < 1.29 is 9.53 Å².